The molecular formula is C17H23ClN2O. The molecule has 3 rings (SSSR count). The highest BCUT2D eigenvalue weighted by molar-refractivity contribution is 6.17. The van der Waals surface area contributed by atoms with Gasteiger partial charge in [0.2, 0.25) is 0 Å². The number of benzene rings is 1. The first kappa shape index (κ1) is 14.7. The minimum absolute atomic E-state index is 0.556. The zero-order valence-electron chi connectivity index (χ0n) is 12.8. The summed E-state index contributed by atoms with van der Waals surface area (Å²) in [4.78, 5) is 4.84. The quantitative estimate of drug-likeness (QED) is 0.756. The Morgan fingerprint density at radius 2 is 2.24 bits per heavy atom. The Bertz CT molecular complexity index is 623. The van der Waals surface area contributed by atoms with Gasteiger partial charge in [-0.15, -0.1) is 11.6 Å². The van der Waals surface area contributed by atoms with Crippen LogP contribution in [0.3, 0.4) is 0 Å². The monoisotopic (exact) mass is 306 g/mol. The molecule has 0 saturated heterocycles. The van der Waals surface area contributed by atoms with Gasteiger partial charge in [0.15, 0.2) is 0 Å². The lowest BCUT2D eigenvalue weighted by Gasteiger charge is -2.16. The SMILES string of the molecule is CCOc1cccc2c1nc(CCCl)n2C1CCC(C)C1. The molecule has 1 aromatic carbocycles. The van der Waals surface area contributed by atoms with Crippen LogP contribution in [-0.4, -0.2) is 22.0 Å². The molecular weight excluding hydrogens is 284 g/mol. The lowest BCUT2D eigenvalue weighted by molar-refractivity contribution is 0.343. The van der Waals surface area contributed by atoms with E-state index in [2.05, 4.69) is 23.6 Å². The highest BCUT2D eigenvalue weighted by atomic mass is 35.5. The number of rotatable bonds is 5. The Hall–Kier alpha value is -1.22. The summed E-state index contributed by atoms with van der Waals surface area (Å²) in [5.74, 6) is 3.39. The topological polar surface area (TPSA) is 27.1 Å². The summed E-state index contributed by atoms with van der Waals surface area (Å²) in [7, 11) is 0. The molecule has 0 amide bonds. The number of alkyl halides is 1. The molecule has 2 unspecified atom stereocenters. The van der Waals surface area contributed by atoms with Crippen molar-refractivity contribution in [2.24, 2.45) is 5.92 Å². The number of hydrogen-bond donors (Lipinski definition) is 0. The second-order valence-electron chi connectivity index (χ2n) is 5.97. The van der Waals surface area contributed by atoms with Crippen molar-refractivity contribution in [3.8, 4) is 5.75 Å². The maximum absolute atomic E-state index is 5.99. The third-order valence-corrected chi connectivity index (χ3v) is 4.60. The van der Waals surface area contributed by atoms with E-state index in [1.165, 1.54) is 24.8 Å². The van der Waals surface area contributed by atoms with E-state index in [1.807, 2.05) is 13.0 Å². The number of nitrogens with zero attached hydrogens (tertiary/aromatic N) is 2. The molecule has 21 heavy (non-hydrogen) atoms. The summed E-state index contributed by atoms with van der Waals surface area (Å²) in [5.41, 5.74) is 2.18. The van der Waals surface area contributed by atoms with Crippen LogP contribution < -0.4 is 4.74 Å². The number of ether oxygens (including phenoxy) is 1. The predicted octanol–water partition coefficient (Wildman–Crippen LogP) is 4.58. The molecule has 1 saturated carbocycles. The molecule has 2 atom stereocenters. The van der Waals surface area contributed by atoms with Crippen molar-refractivity contribution in [3.63, 3.8) is 0 Å². The van der Waals surface area contributed by atoms with Crippen LogP contribution in [0.1, 0.15) is 45.0 Å². The Morgan fingerprint density at radius 1 is 1.38 bits per heavy atom. The van der Waals surface area contributed by atoms with Gasteiger partial charge in [0.05, 0.1) is 12.1 Å². The summed E-state index contributed by atoms with van der Waals surface area (Å²) in [6.45, 7) is 5.01. The molecule has 2 aromatic rings. The Balaban J connectivity index is 2.11. The van der Waals surface area contributed by atoms with Gasteiger partial charge in [-0.1, -0.05) is 13.0 Å². The van der Waals surface area contributed by atoms with E-state index < -0.39 is 0 Å². The van der Waals surface area contributed by atoms with Crippen LogP contribution in [-0.2, 0) is 6.42 Å². The fourth-order valence-electron chi connectivity index (χ4n) is 3.49. The first-order chi connectivity index (χ1) is 10.2. The molecule has 4 heteroatoms. The van der Waals surface area contributed by atoms with Crippen LogP contribution in [0.5, 0.6) is 5.75 Å². The number of para-hydroxylation sites is 1. The average molecular weight is 307 g/mol. The Morgan fingerprint density at radius 3 is 2.90 bits per heavy atom. The molecule has 0 bridgehead atoms. The molecule has 0 spiro atoms. The number of aryl methyl sites for hydroxylation is 1. The molecule has 0 N–H and O–H groups in total. The van der Waals surface area contributed by atoms with E-state index in [9.17, 15) is 0 Å². The summed E-state index contributed by atoms with van der Waals surface area (Å²) in [6, 6.07) is 6.78. The van der Waals surface area contributed by atoms with Crippen LogP contribution in [0.25, 0.3) is 11.0 Å². The third-order valence-electron chi connectivity index (χ3n) is 4.41. The molecule has 0 radical (unpaired) electrons. The lowest BCUT2D eigenvalue weighted by Crippen LogP contribution is -2.10. The van der Waals surface area contributed by atoms with Gasteiger partial charge in [-0.05, 0) is 44.2 Å². The Labute approximate surface area is 131 Å². The maximum atomic E-state index is 5.99. The minimum atomic E-state index is 0.556. The summed E-state index contributed by atoms with van der Waals surface area (Å²) in [5, 5.41) is 0. The van der Waals surface area contributed by atoms with E-state index in [4.69, 9.17) is 21.3 Å². The second kappa shape index (κ2) is 6.27. The standard InChI is InChI=1S/C17H23ClN2O/c1-3-21-15-6-4-5-14-17(15)19-16(9-10-18)20(14)13-8-7-12(2)11-13/h4-6,12-13H,3,7-11H2,1-2H3. The lowest BCUT2D eigenvalue weighted by atomic mass is 10.1. The number of fused-ring (bicyclic) bond motifs is 1. The molecule has 1 heterocycles. The van der Waals surface area contributed by atoms with Crippen LogP contribution >= 0.6 is 11.6 Å². The van der Waals surface area contributed by atoms with Crippen molar-refractivity contribution in [3.05, 3.63) is 24.0 Å². The molecule has 1 aliphatic rings. The molecule has 1 aliphatic carbocycles. The van der Waals surface area contributed by atoms with Crippen molar-refractivity contribution in [1.82, 2.24) is 9.55 Å². The number of imidazole rings is 1. The molecule has 3 nitrogen and oxygen atoms in total. The van der Waals surface area contributed by atoms with Gasteiger partial charge in [0.1, 0.15) is 17.1 Å². The fraction of sp³-hybridized carbons (Fsp3) is 0.588. The first-order valence-electron chi connectivity index (χ1n) is 7.93. The minimum Gasteiger partial charge on any atom is -0.492 e. The Kier molecular flexibility index (Phi) is 4.39. The summed E-state index contributed by atoms with van der Waals surface area (Å²) in [6.07, 6.45) is 4.59. The van der Waals surface area contributed by atoms with Gasteiger partial charge in [0.25, 0.3) is 0 Å². The van der Waals surface area contributed by atoms with E-state index in [1.54, 1.807) is 0 Å². The van der Waals surface area contributed by atoms with Crippen LogP contribution in [0, 0.1) is 5.92 Å². The molecule has 0 aliphatic heterocycles. The van der Waals surface area contributed by atoms with Crippen LogP contribution in [0.15, 0.2) is 18.2 Å². The van der Waals surface area contributed by atoms with Crippen molar-refractivity contribution in [2.45, 2.75) is 45.6 Å². The average Bonchev–Trinajstić information content (AvgIpc) is 3.03. The van der Waals surface area contributed by atoms with E-state index in [0.717, 1.165) is 29.4 Å². The van der Waals surface area contributed by atoms with Gasteiger partial charge >= 0.3 is 0 Å². The third kappa shape index (κ3) is 2.76. The van der Waals surface area contributed by atoms with E-state index >= 15 is 0 Å². The summed E-state index contributed by atoms with van der Waals surface area (Å²) < 4.78 is 8.16. The van der Waals surface area contributed by atoms with Crippen molar-refractivity contribution in [1.29, 1.82) is 0 Å². The maximum Gasteiger partial charge on any atom is 0.147 e. The highest BCUT2D eigenvalue weighted by Crippen LogP contribution is 2.38. The van der Waals surface area contributed by atoms with Crippen molar-refractivity contribution >= 4 is 22.6 Å². The van der Waals surface area contributed by atoms with Gasteiger partial charge < -0.3 is 9.30 Å². The van der Waals surface area contributed by atoms with Crippen LogP contribution in [0.4, 0.5) is 0 Å². The molecule has 1 fully saturated rings. The number of hydrogen-bond acceptors (Lipinski definition) is 2. The van der Waals surface area contributed by atoms with Gasteiger partial charge in [0, 0.05) is 18.3 Å². The number of aromatic nitrogens is 2. The van der Waals surface area contributed by atoms with Gasteiger partial charge in [-0.25, -0.2) is 4.98 Å². The zero-order chi connectivity index (χ0) is 14.8. The van der Waals surface area contributed by atoms with Crippen LogP contribution in [0.2, 0.25) is 0 Å². The van der Waals surface area contributed by atoms with Gasteiger partial charge in [-0.3, -0.25) is 0 Å². The van der Waals surface area contributed by atoms with E-state index in [0.29, 0.717) is 18.5 Å². The predicted molar refractivity (Wildman–Crippen MR) is 87.4 cm³/mol. The summed E-state index contributed by atoms with van der Waals surface area (Å²) >= 11 is 5.99. The normalized spacial score (nSPS) is 22.0. The fourth-order valence-corrected chi connectivity index (χ4v) is 3.66. The first-order valence-corrected chi connectivity index (χ1v) is 8.46. The zero-order valence-corrected chi connectivity index (χ0v) is 13.6. The van der Waals surface area contributed by atoms with Crippen molar-refractivity contribution < 1.29 is 4.74 Å². The largest absolute Gasteiger partial charge is 0.492 e. The van der Waals surface area contributed by atoms with Gasteiger partial charge in [-0.2, -0.15) is 0 Å². The highest BCUT2D eigenvalue weighted by Gasteiger charge is 2.27. The number of halogens is 1. The molecule has 114 valence electrons. The molecule has 1 aromatic heterocycles. The van der Waals surface area contributed by atoms with Crippen molar-refractivity contribution in [2.75, 3.05) is 12.5 Å². The second-order valence-corrected chi connectivity index (χ2v) is 6.34. The smallest absolute Gasteiger partial charge is 0.147 e. The van der Waals surface area contributed by atoms with E-state index in [-0.39, 0.29) is 0 Å².